The van der Waals surface area contributed by atoms with E-state index in [0.29, 0.717) is 0 Å². The Balaban J connectivity index is 1.90. The molecule has 1 saturated heterocycles. The van der Waals surface area contributed by atoms with Crippen LogP contribution in [0.1, 0.15) is 11.6 Å². The number of hydrogen-bond acceptors (Lipinski definition) is 5. The summed E-state index contributed by atoms with van der Waals surface area (Å²) in [5.41, 5.74) is 4.98. The fourth-order valence-electron chi connectivity index (χ4n) is 2.71. The molecular weight excluding hydrogens is 252 g/mol. The summed E-state index contributed by atoms with van der Waals surface area (Å²) in [7, 11) is 2.10. The van der Waals surface area contributed by atoms with E-state index in [1.807, 2.05) is 12.3 Å². The van der Waals surface area contributed by atoms with Gasteiger partial charge in [-0.1, -0.05) is 18.2 Å². The lowest BCUT2D eigenvalue weighted by atomic mass is 9.99. The van der Waals surface area contributed by atoms with Crippen molar-refractivity contribution >= 4 is 10.9 Å². The summed E-state index contributed by atoms with van der Waals surface area (Å²) in [5.74, 6) is 5.76. The maximum absolute atomic E-state index is 5.86. The number of rotatable bonds is 3. The molecule has 5 nitrogen and oxygen atoms in total. The maximum Gasteiger partial charge on any atom is 0.0909 e. The predicted octanol–water partition coefficient (Wildman–Crippen LogP) is 1.07. The third-order valence-corrected chi connectivity index (χ3v) is 3.84. The van der Waals surface area contributed by atoms with E-state index in [9.17, 15) is 0 Å². The number of hydrogen-bond donors (Lipinski definition) is 2. The highest BCUT2D eigenvalue weighted by molar-refractivity contribution is 5.79. The van der Waals surface area contributed by atoms with E-state index in [0.717, 1.165) is 36.2 Å². The van der Waals surface area contributed by atoms with E-state index < -0.39 is 0 Å². The van der Waals surface area contributed by atoms with Crippen molar-refractivity contribution in [1.82, 2.24) is 15.3 Å². The highest BCUT2D eigenvalue weighted by Crippen LogP contribution is 2.24. The van der Waals surface area contributed by atoms with Gasteiger partial charge >= 0.3 is 0 Å². The van der Waals surface area contributed by atoms with Gasteiger partial charge in [0.25, 0.3) is 0 Å². The molecule has 1 aromatic heterocycles. The van der Waals surface area contributed by atoms with Gasteiger partial charge in [0.2, 0.25) is 0 Å². The Hall–Kier alpha value is -1.53. The molecule has 3 rings (SSSR count). The second-order valence-electron chi connectivity index (χ2n) is 5.27. The molecule has 0 saturated carbocycles. The van der Waals surface area contributed by atoms with Crippen LogP contribution >= 0.6 is 0 Å². The molecule has 2 atom stereocenters. The lowest BCUT2D eigenvalue weighted by Gasteiger charge is -2.35. The highest BCUT2D eigenvalue weighted by Gasteiger charge is 2.27. The quantitative estimate of drug-likeness (QED) is 0.646. The van der Waals surface area contributed by atoms with E-state index in [2.05, 4.69) is 46.6 Å². The molecular formula is C15H20N4O. The van der Waals surface area contributed by atoms with Crippen LogP contribution in [0.4, 0.5) is 0 Å². The Bertz CT molecular complexity index is 589. The van der Waals surface area contributed by atoms with E-state index in [4.69, 9.17) is 10.6 Å². The number of fused-ring (bicyclic) bond motifs is 1. The van der Waals surface area contributed by atoms with Crippen LogP contribution in [0.25, 0.3) is 10.9 Å². The molecule has 2 unspecified atom stereocenters. The van der Waals surface area contributed by atoms with Gasteiger partial charge in [-0.2, -0.15) is 0 Å². The Labute approximate surface area is 118 Å². The fourth-order valence-corrected chi connectivity index (χ4v) is 2.71. The Morgan fingerprint density at radius 1 is 1.45 bits per heavy atom. The first-order chi connectivity index (χ1) is 9.78. The molecule has 1 aromatic carbocycles. The second-order valence-corrected chi connectivity index (χ2v) is 5.27. The third kappa shape index (κ3) is 2.66. The zero-order chi connectivity index (χ0) is 13.9. The van der Waals surface area contributed by atoms with Gasteiger partial charge in [-0.25, -0.2) is 0 Å². The van der Waals surface area contributed by atoms with Gasteiger partial charge in [-0.05, 0) is 24.7 Å². The molecule has 3 N–H and O–H groups in total. The average Bonchev–Trinajstić information content (AvgIpc) is 2.48. The van der Waals surface area contributed by atoms with Gasteiger partial charge in [0, 0.05) is 24.7 Å². The minimum absolute atomic E-state index is 0.0239. The molecule has 2 heterocycles. The van der Waals surface area contributed by atoms with Crippen LogP contribution in [0.5, 0.6) is 0 Å². The van der Waals surface area contributed by atoms with Gasteiger partial charge in [0.1, 0.15) is 0 Å². The molecule has 2 aromatic rings. The molecule has 5 heteroatoms. The van der Waals surface area contributed by atoms with Crippen molar-refractivity contribution < 1.29 is 4.74 Å². The van der Waals surface area contributed by atoms with Crippen molar-refractivity contribution in [3.05, 3.63) is 42.1 Å². The number of hydrazine groups is 1. The Morgan fingerprint density at radius 2 is 2.35 bits per heavy atom. The summed E-state index contributed by atoms with van der Waals surface area (Å²) in [6, 6.07) is 10.2. The number of nitrogens with two attached hydrogens (primary N) is 1. The number of nitrogens with zero attached hydrogens (tertiary/aromatic N) is 2. The summed E-state index contributed by atoms with van der Waals surface area (Å²) in [6.45, 7) is 2.58. The van der Waals surface area contributed by atoms with E-state index in [-0.39, 0.29) is 12.1 Å². The topological polar surface area (TPSA) is 63.4 Å². The summed E-state index contributed by atoms with van der Waals surface area (Å²) in [6.07, 6.45) is 1.86. The van der Waals surface area contributed by atoms with Gasteiger partial charge in [-0.3, -0.25) is 16.3 Å². The van der Waals surface area contributed by atoms with Crippen LogP contribution in [0.3, 0.4) is 0 Å². The molecule has 20 heavy (non-hydrogen) atoms. The predicted molar refractivity (Wildman–Crippen MR) is 79.0 cm³/mol. The Kier molecular flexibility index (Phi) is 3.93. The van der Waals surface area contributed by atoms with Crippen LogP contribution in [0.15, 0.2) is 36.5 Å². The zero-order valence-corrected chi connectivity index (χ0v) is 11.6. The summed E-state index contributed by atoms with van der Waals surface area (Å²) < 4.78 is 5.86. The first-order valence-corrected chi connectivity index (χ1v) is 6.89. The van der Waals surface area contributed by atoms with Crippen molar-refractivity contribution in [1.29, 1.82) is 0 Å². The third-order valence-electron chi connectivity index (χ3n) is 3.84. The van der Waals surface area contributed by atoms with Crippen LogP contribution in [-0.2, 0) is 4.74 Å². The minimum Gasteiger partial charge on any atom is -0.374 e. The number of nitrogens with one attached hydrogen (secondary N) is 1. The molecule has 1 fully saturated rings. The number of morpholine rings is 1. The number of aromatic nitrogens is 1. The van der Waals surface area contributed by atoms with Crippen molar-refractivity contribution in [3.63, 3.8) is 0 Å². The van der Waals surface area contributed by atoms with Crippen molar-refractivity contribution in [2.24, 2.45) is 5.84 Å². The first kappa shape index (κ1) is 13.5. The lowest BCUT2D eigenvalue weighted by molar-refractivity contribution is -0.0392. The summed E-state index contributed by atoms with van der Waals surface area (Å²) in [4.78, 5) is 6.66. The molecule has 106 valence electrons. The zero-order valence-electron chi connectivity index (χ0n) is 11.6. The SMILES string of the molecule is CN1CCOC(C(NN)c2ccc3cccnc3c2)C1. The van der Waals surface area contributed by atoms with Gasteiger partial charge in [0.15, 0.2) is 0 Å². The van der Waals surface area contributed by atoms with Crippen molar-refractivity contribution in [2.45, 2.75) is 12.1 Å². The average molecular weight is 272 g/mol. The summed E-state index contributed by atoms with van der Waals surface area (Å²) in [5, 5.41) is 1.13. The molecule has 0 radical (unpaired) electrons. The van der Waals surface area contributed by atoms with E-state index >= 15 is 0 Å². The van der Waals surface area contributed by atoms with E-state index in [1.165, 1.54) is 0 Å². The monoisotopic (exact) mass is 272 g/mol. The standard InChI is InChI=1S/C15H20N4O/c1-19-7-8-20-14(10-19)15(18-16)12-5-4-11-3-2-6-17-13(11)9-12/h2-6,9,14-15,18H,7-8,10,16H2,1H3. The van der Waals surface area contributed by atoms with Crippen LogP contribution in [0, 0.1) is 0 Å². The number of pyridine rings is 1. The maximum atomic E-state index is 5.86. The lowest BCUT2D eigenvalue weighted by Crippen LogP contribution is -2.48. The fraction of sp³-hybridized carbons (Fsp3) is 0.400. The van der Waals surface area contributed by atoms with Gasteiger partial charge < -0.3 is 9.64 Å². The van der Waals surface area contributed by atoms with Crippen LogP contribution in [-0.4, -0.2) is 42.7 Å². The number of likely N-dealkylation sites (N-methyl/N-ethyl adjacent to an activating group) is 1. The van der Waals surface area contributed by atoms with Crippen LogP contribution in [0.2, 0.25) is 0 Å². The molecule has 0 amide bonds. The molecule has 0 spiro atoms. The minimum atomic E-state index is -0.0239. The Morgan fingerprint density at radius 3 is 3.15 bits per heavy atom. The normalized spacial score (nSPS) is 22.0. The number of ether oxygens (including phenoxy) is 1. The molecule has 0 aliphatic carbocycles. The first-order valence-electron chi connectivity index (χ1n) is 6.89. The number of benzene rings is 1. The van der Waals surface area contributed by atoms with E-state index in [1.54, 1.807) is 0 Å². The van der Waals surface area contributed by atoms with Gasteiger partial charge in [-0.15, -0.1) is 0 Å². The largest absolute Gasteiger partial charge is 0.374 e. The van der Waals surface area contributed by atoms with Crippen molar-refractivity contribution in [3.8, 4) is 0 Å². The molecule has 1 aliphatic rings. The highest BCUT2D eigenvalue weighted by atomic mass is 16.5. The van der Waals surface area contributed by atoms with Crippen molar-refractivity contribution in [2.75, 3.05) is 26.7 Å². The summed E-state index contributed by atoms with van der Waals surface area (Å²) >= 11 is 0. The molecule has 0 bridgehead atoms. The second kappa shape index (κ2) is 5.85. The molecule has 1 aliphatic heterocycles. The van der Waals surface area contributed by atoms with Crippen LogP contribution < -0.4 is 11.3 Å². The van der Waals surface area contributed by atoms with Gasteiger partial charge in [0.05, 0.1) is 24.3 Å². The smallest absolute Gasteiger partial charge is 0.0909 e.